The lowest BCUT2D eigenvalue weighted by atomic mass is 9.96. The van der Waals surface area contributed by atoms with Crippen molar-refractivity contribution >= 4 is 0 Å². The number of piperidine rings is 1. The number of aliphatic hydroxyl groups excluding tert-OH is 1. The van der Waals surface area contributed by atoms with Crippen molar-refractivity contribution in [3.8, 4) is 0 Å². The van der Waals surface area contributed by atoms with E-state index in [1.807, 2.05) is 0 Å². The highest BCUT2D eigenvalue weighted by Crippen LogP contribution is 2.18. The molecule has 0 aromatic carbocycles. The fraction of sp³-hybridized carbons (Fsp3) is 1.00. The number of ether oxygens (including phenoxy) is 2. The van der Waals surface area contributed by atoms with Crippen molar-refractivity contribution in [2.45, 2.75) is 32.2 Å². The summed E-state index contributed by atoms with van der Waals surface area (Å²) in [6.07, 6.45) is 1.83. The lowest BCUT2D eigenvalue weighted by Gasteiger charge is -2.34. The van der Waals surface area contributed by atoms with Crippen molar-refractivity contribution in [3.05, 3.63) is 0 Å². The van der Waals surface area contributed by atoms with E-state index in [0.29, 0.717) is 5.92 Å². The maximum absolute atomic E-state index is 9.74. The maximum atomic E-state index is 9.74. The summed E-state index contributed by atoms with van der Waals surface area (Å²) in [6.45, 7) is 6.42. The largest absolute Gasteiger partial charge is 0.392 e. The molecular formula is C11H21NO3. The molecule has 0 amide bonds. The molecule has 2 heterocycles. The lowest BCUT2D eigenvalue weighted by molar-refractivity contribution is -0.0572. The molecule has 0 bridgehead atoms. The predicted octanol–water partition coefficient (Wildman–Crippen LogP) is 0.452. The van der Waals surface area contributed by atoms with Crippen LogP contribution in [0, 0.1) is 5.92 Å². The zero-order valence-electron chi connectivity index (χ0n) is 9.39. The van der Waals surface area contributed by atoms with Gasteiger partial charge in [-0.2, -0.15) is 0 Å². The number of rotatable bonds is 3. The number of nitrogens with zero attached hydrogens (tertiary/aromatic N) is 1. The Morgan fingerprint density at radius 1 is 1.33 bits per heavy atom. The first-order chi connectivity index (χ1) is 7.25. The van der Waals surface area contributed by atoms with Crippen LogP contribution in [0.15, 0.2) is 0 Å². The third-order valence-electron chi connectivity index (χ3n) is 3.37. The molecule has 0 aromatic rings. The molecule has 0 spiro atoms. The molecule has 2 fully saturated rings. The normalized spacial score (nSPS) is 34.8. The van der Waals surface area contributed by atoms with Crippen LogP contribution in [-0.2, 0) is 9.47 Å². The van der Waals surface area contributed by atoms with Crippen molar-refractivity contribution in [1.82, 2.24) is 4.90 Å². The minimum atomic E-state index is -0.163. The van der Waals surface area contributed by atoms with Gasteiger partial charge in [0, 0.05) is 19.5 Å². The second-order valence-corrected chi connectivity index (χ2v) is 4.59. The first-order valence-electron chi connectivity index (χ1n) is 5.89. The Morgan fingerprint density at radius 3 is 2.73 bits per heavy atom. The zero-order valence-corrected chi connectivity index (χ0v) is 9.39. The van der Waals surface area contributed by atoms with E-state index < -0.39 is 0 Å². The van der Waals surface area contributed by atoms with Gasteiger partial charge in [0.2, 0.25) is 0 Å². The average molecular weight is 215 g/mol. The van der Waals surface area contributed by atoms with Gasteiger partial charge >= 0.3 is 0 Å². The summed E-state index contributed by atoms with van der Waals surface area (Å²) in [4.78, 5) is 2.30. The smallest absolute Gasteiger partial charge is 0.159 e. The van der Waals surface area contributed by atoms with E-state index in [9.17, 15) is 5.11 Å². The molecule has 2 atom stereocenters. The van der Waals surface area contributed by atoms with Gasteiger partial charge in [-0.25, -0.2) is 0 Å². The molecule has 0 radical (unpaired) electrons. The van der Waals surface area contributed by atoms with Crippen LogP contribution in [-0.4, -0.2) is 55.2 Å². The molecule has 2 saturated heterocycles. The lowest BCUT2D eigenvalue weighted by Crippen LogP contribution is -2.43. The zero-order chi connectivity index (χ0) is 10.7. The van der Waals surface area contributed by atoms with E-state index in [1.165, 1.54) is 0 Å². The van der Waals surface area contributed by atoms with Crippen LogP contribution in [0.4, 0.5) is 0 Å². The molecule has 1 N–H and O–H groups in total. The van der Waals surface area contributed by atoms with Crippen molar-refractivity contribution in [2.24, 2.45) is 5.92 Å². The number of hydrogen-bond donors (Lipinski definition) is 1. The van der Waals surface area contributed by atoms with E-state index in [4.69, 9.17) is 9.47 Å². The van der Waals surface area contributed by atoms with Crippen LogP contribution < -0.4 is 0 Å². The third kappa shape index (κ3) is 3.14. The van der Waals surface area contributed by atoms with E-state index in [1.54, 1.807) is 0 Å². The van der Waals surface area contributed by atoms with Crippen molar-refractivity contribution < 1.29 is 14.6 Å². The molecule has 0 saturated carbocycles. The van der Waals surface area contributed by atoms with Crippen LogP contribution >= 0.6 is 0 Å². The third-order valence-corrected chi connectivity index (χ3v) is 3.37. The topological polar surface area (TPSA) is 41.9 Å². The SMILES string of the molecule is C[C@@H]1CCN(CCC2OCCO2)CC1O. The molecule has 4 heteroatoms. The molecule has 2 aliphatic rings. The van der Waals surface area contributed by atoms with E-state index in [0.717, 1.165) is 45.7 Å². The summed E-state index contributed by atoms with van der Waals surface area (Å²) < 4.78 is 10.8. The highest BCUT2D eigenvalue weighted by Gasteiger charge is 2.25. The minimum Gasteiger partial charge on any atom is -0.392 e. The van der Waals surface area contributed by atoms with Crippen molar-refractivity contribution in [1.29, 1.82) is 0 Å². The van der Waals surface area contributed by atoms with Gasteiger partial charge in [0.1, 0.15) is 0 Å². The maximum Gasteiger partial charge on any atom is 0.159 e. The fourth-order valence-corrected chi connectivity index (χ4v) is 2.18. The first-order valence-corrected chi connectivity index (χ1v) is 5.89. The van der Waals surface area contributed by atoms with Crippen molar-refractivity contribution in [3.63, 3.8) is 0 Å². The molecule has 1 unspecified atom stereocenters. The van der Waals surface area contributed by atoms with Gasteiger partial charge in [-0.3, -0.25) is 0 Å². The summed E-state index contributed by atoms with van der Waals surface area (Å²) in [5.74, 6) is 0.445. The van der Waals surface area contributed by atoms with E-state index >= 15 is 0 Å². The Balaban J connectivity index is 1.66. The van der Waals surface area contributed by atoms with Gasteiger partial charge in [-0.1, -0.05) is 6.92 Å². The van der Waals surface area contributed by atoms with Gasteiger partial charge in [-0.05, 0) is 18.9 Å². The Hall–Kier alpha value is -0.160. The number of hydrogen-bond acceptors (Lipinski definition) is 4. The van der Waals surface area contributed by atoms with Crippen LogP contribution in [0.25, 0.3) is 0 Å². The quantitative estimate of drug-likeness (QED) is 0.742. The summed E-state index contributed by atoms with van der Waals surface area (Å²) in [5.41, 5.74) is 0. The Morgan fingerprint density at radius 2 is 2.07 bits per heavy atom. The second kappa shape index (κ2) is 5.25. The number of likely N-dealkylation sites (tertiary alicyclic amines) is 1. The molecule has 88 valence electrons. The minimum absolute atomic E-state index is 0.0125. The Bertz CT molecular complexity index is 194. The summed E-state index contributed by atoms with van der Waals surface area (Å²) in [5, 5.41) is 9.74. The standard InChI is InChI=1S/C11H21NO3/c1-9-2-4-12(8-10(9)13)5-3-11-14-6-7-15-11/h9-11,13H,2-8H2,1H3/t9-,10?/m1/s1. The molecule has 2 rings (SSSR count). The summed E-state index contributed by atoms with van der Waals surface area (Å²) in [6, 6.07) is 0. The molecule has 0 aliphatic carbocycles. The predicted molar refractivity (Wildman–Crippen MR) is 56.5 cm³/mol. The highest BCUT2D eigenvalue weighted by atomic mass is 16.7. The van der Waals surface area contributed by atoms with Gasteiger partial charge in [-0.15, -0.1) is 0 Å². The van der Waals surface area contributed by atoms with Crippen LogP contribution in [0.5, 0.6) is 0 Å². The molecule has 0 aromatic heterocycles. The van der Waals surface area contributed by atoms with Gasteiger partial charge in [0.15, 0.2) is 6.29 Å². The summed E-state index contributed by atoms with van der Waals surface area (Å²) >= 11 is 0. The Labute approximate surface area is 91.2 Å². The van der Waals surface area contributed by atoms with Gasteiger partial charge < -0.3 is 19.5 Å². The molecule has 15 heavy (non-hydrogen) atoms. The van der Waals surface area contributed by atoms with Gasteiger partial charge in [0.05, 0.1) is 19.3 Å². The first kappa shape index (κ1) is 11.3. The molecular weight excluding hydrogens is 194 g/mol. The van der Waals surface area contributed by atoms with Crippen LogP contribution in [0.2, 0.25) is 0 Å². The molecule has 2 aliphatic heterocycles. The molecule has 4 nitrogen and oxygen atoms in total. The summed E-state index contributed by atoms with van der Waals surface area (Å²) in [7, 11) is 0. The van der Waals surface area contributed by atoms with E-state index in [2.05, 4.69) is 11.8 Å². The fourth-order valence-electron chi connectivity index (χ4n) is 2.18. The van der Waals surface area contributed by atoms with Crippen LogP contribution in [0.3, 0.4) is 0 Å². The second-order valence-electron chi connectivity index (χ2n) is 4.59. The highest BCUT2D eigenvalue weighted by molar-refractivity contribution is 4.77. The van der Waals surface area contributed by atoms with Crippen molar-refractivity contribution in [2.75, 3.05) is 32.8 Å². The van der Waals surface area contributed by atoms with Crippen LogP contribution in [0.1, 0.15) is 19.8 Å². The monoisotopic (exact) mass is 215 g/mol. The van der Waals surface area contributed by atoms with Gasteiger partial charge in [0.25, 0.3) is 0 Å². The number of β-amino-alcohol motifs (C(OH)–C–C–N with tert-alkyl or cyclic N) is 1. The number of aliphatic hydroxyl groups is 1. The van der Waals surface area contributed by atoms with E-state index in [-0.39, 0.29) is 12.4 Å². The Kier molecular flexibility index (Phi) is 3.97. The average Bonchev–Trinajstić information content (AvgIpc) is 2.73.